The molecule has 1 aromatic carbocycles. The van der Waals surface area contributed by atoms with Gasteiger partial charge in [-0.1, -0.05) is 57.6 Å². The molecule has 0 aliphatic rings. The number of benzene rings is 1. The lowest BCUT2D eigenvalue weighted by Crippen LogP contribution is -2.27. The van der Waals surface area contributed by atoms with E-state index in [1.54, 1.807) is 6.07 Å². The van der Waals surface area contributed by atoms with Crippen LogP contribution in [0.5, 0.6) is 0 Å². The number of hydrogen-bond donors (Lipinski definition) is 1. The Labute approximate surface area is 143 Å². The topological polar surface area (TPSA) is 64.2 Å². The van der Waals surface area contributed by atoms with Crippen molar-refractivity contribution < 1.29 is 9.21 Å². The molecule has 132 valence electrons. The number of aromatic nitrogens is 1. The first kappa shape index (κ1) is 18.3. The molecule has 0 aliphatic heterocycles. The van der Waals surface area contributed by atoms with Gasteiger partial charge in [0.25, 0.3) is 0 Å². The van der Waals surface area contributed by atoms with Gasteiger partial charge in [0.05, 0.1) is 5.52 Å². The van der Waals surface area contributed by atoms with Crippen LogP contribution >= 0.6 is 0 Å². The molecule has 0 saturated heterocycles. The van der Waals surface area contributed by atoms with Gasteiger partial charge >= 0.3 is 5.76 Å². The minimum Gasteiger partial charge on any atom is -0.408 e. The molecule has 5 nitrogen and oxygen atoms in total. The Balaban J connectivity index is 1.64. The smallest absolute Gasteiger partial charge is 0.408 e. The normalized spacial score (nSPS) is 11.0. The maximum atomic E-state index is 11.9. The van der Waals surface area contributed by atoms with Gasteiger partial charge in [0.15, 0.2) is 5.58 Å². The first-order valence-electron chi connectivity index (χ1n) is 9.07. The number of aryl methyl sites for hydroxylation is 1. The van der Waals surface area contributed by atoms with Crippen LogP contribution in [0.25, 0.3) is 11.1 Å². The van der Waals surface area contributed by atoms with E-state index >= 15 is 0 Å². The summed E-state index contributed by atoms with van der Waals surface area (Å²) >= 11 is 0. The molecule has 1 aromatic heterocycles. The summed E-state index contributed by atoms with van der Waals surface area (Å²) in [6, 6.07) is 7.27. The Morgan fingerprint density at radius 2 is 1.79 bits per heavy atom. The lowest BCUT2D eigenvalue weighted by molar-refractivity contribution is -0.121. The number of oxazole rings is 1. The molecule has 0 saturated carbocycles. The Morgan fingerprint density at radius 1 is 1.08 bits per heavy atom. The third-order valence-corrected chi connectivity index (χ3v) is 4.24. The third kappa shape index (κ3) is 5.55. The van der Waals surface area contributed by atoms with Crippen molar-refractivity contribution in [3.05, 3.63) is 34.8 Å². The number of rotatable bonds is 11. The monoisotopic (exact) mass is 332 g/mol. The molecule has 1 amide bonds. The zero-order valence-corrected chi connectivity index (χ0v) is 14.6. The zero-order chi connectivity index (χ0) is 17.2. The Bertz CT molecular complexity index is 687. The van der Waals surface area contributed by atoms with E-state index < -0.39 is 5.76 Å². The lowest BCUT2D eigenvalue weighted by atomic mass is 10.1. The highest BCUT2D eigenvalue weighted by Crippen LogP contribution is 2.12. The van der Waals surface area contributed by atoms with E-state index in [1.807, 2.05) is 18.2 Å². The van der Waals surface area contributed by atoms with Crippen LogP contribution in [0.15, 0.2) is 33.5 Å². The van der Waals surface area contributed by atoms with Gasteiger partial charge in [0.2, 0.25) is 5.91 Å². The molecule has 0 spiro atoms. The van der Waals surface area contributed by atoms with Crippen LogP contribution in [0.1, 0.15) is 58.3 Å². The predicted molar refractivity (Wildman–Crippen MR) is 96.1 cm³/mol. The Morgan fingerprint density at radius 3 is 2.58 bits per heavy atom. The number of fused-ring (bicyclic) bond motifs is 1. The largest absolute Gasteiger partial charge is 0.419 e. The maximum absolute atomic E-state index is 11.9. The second kappa shape index (κ2) is 9.96. The molecule has 0 bridgehead atoms. The van der Waals surface area contributed by atoms with Gasteiger partial charge in [-0.3, -0.25) is 9.36 Å². The fraction of sp³-hybridized carbons (Fsp3) is 0.579. The molecular weight excluding hydrogens is 304 g/mol. The van der Waals surface area contributed by atoms with Crippen molar-refractivity contribution >= 4 is 17.0 Å². The molecule has 0 fully saturated rings. The number of carbonyl (C=O) groups is 1. The average Bonchev–Trinajstić information content (AvgIpc) is 2.90. The molecule has 2 aromatic rings. The molecule has 5 heteroatoms. The van der Waals surface area contributed by atoms with Crippen LogP contribution in [-0.4, -0.2) is 17.0 Å². The predicted octanol–water partition coefficient (Wildman–Crippen LogP) is 3.85. The fourth-order valence-electron chi connectivity index (χ4n) is 2.84. The van der Waals surface area contributed by atoms with Crippen molar-refractivity contribution in [2.45, 2.75) is 64.8 Å². The molecule has 0 radical (unpaired) electrons. The van der Waals surface area contributed by atoms with Gasteiger partial charge < -0.3 is 9.73 Å². The van der Waals surface area contributed by atoms with E-state index in [1.165, 1.54) is 36.7 Å². The van der Waals surface area contributed by atoms with Gasteiger partial charge in [-0.25, -0.2) is 4.79 Å². The second-order valence-electron chi connectivity index (χ2n) is 6.21. The van der Waals surface area contributed by atoms with Gasteiger partial charge in [-0.2, -0.15) is 0 Å². The molecule has 0 unspecified atom stereocenters. The van der Waals surface area contributed by atoms with Crippen LogP contribution in [0, 0.1) is 0 Å². The van der Waals surface area contributed by atoms with E-state index in [0.29, 0.717) is 25.1 Å². The number of para-hydroxylation sites is 2. The number of carbonyl (C=O) groups excluding carboxylic acids is 1. The molecule has 1 heterocycles. The van der Waals surface area contributed by atoms with Crippen LogP contribution in [0.4, 0.5) is 0 Å². The van der Waals surface area contributed by atoms with Crippen LogP contribution in [-0.2, 0) is 11.3 Å². The molecule has 24 heavy (non-hydrogen) atoms. The van der Waals surface area contributed by atoms with Gasteiger partial charge in [0, 0.05) is 19.5 Å². The first-order chi connectivity index (χ1) is 11.7. The van der Waals surface area contributed by atoms with E-state index in [0.717, 1.165) is 18.4 Å². The SMILES string of the molecule is CCCCCCCCCNC(=O)CCn1c(=O)oc2ccccc21. The standard InChI is InChI=1S/C19H28N2O3/c1-2-3-4-5-6-7-10-14-20-18(22)13-15-21-16-11-8-9-12-17(16)24-19(21)23/h8-9,11-12H,2-7,10,13-15H2,1H3,(H,20,22). The van der Waals surface area contributed by atoms with Crippen molar-refractivity contribution in [3.63, 3.8) is 0 Å². The summed E-state index contributed by atoms with van der Waals surface area (Å²) in [6.45, 7) is 3.28. The number of nitrogens with zero attached hydrogens (tertiary/aromatic N) is 1. The number of unbranched alkanes of at least 4 members (excludes halogenated alkanes) is 6. The van der Waals surface area contributed by atoms with E-state index in [2.05, 4.69) is 12.2 Å². The summed E-state index contributed by atoms with van der Waals surface area (Å²) in [7, 11) is 0. The highest BCUT2D eigenvalue weighted by molar-refractivity contribution is 5.76. The average molecular weight is 332 g/mol. The minimum absolute atomic E-state index is 0.0156. The summed E-state index contributed by atoms with van der Waals surface area (Å²) in [6.07, 6.45) is 8.91. The van der Waals surface area contributed by atoms with Crippen molar-refractivity contribution in [1.82, 2.24) is 9.88 Å². The van der Waals surface area contributed by atoms with Crippen molar-refractivity contribution in [3.8, 4) is 0 Å². The van der Waals surface area contributed by atoms with Gasteiger partial charge in [-0.15, -0.1) is 0 Å². The first-order valence-corrected chi connectivity index (χ1v) is 9.07. The van der Waals surface area contributed by atoms with Crippen molar-refractivity contribution in [2.75, 3.05) is 6.54 Å². The quantitative estimate of drug-likeness (QED) is 0.636. The van der Waals surface area contributed by atoms with E-state index in [4.69, 9.17) is 4.42 Å². The van der Waals surface area contributed by atoms with Crippen molar-refractivity contribution in [1.29, 1.82) is 0 Å². The van der Waals surface area contributed by atoms with Crippen molar-refractivity contribution in [2.24, 2.45) is 0 Å². The van der Waals surface area contributed by atoms with Gasteiger partial charge in [-0.05, 0) is 18.6 Å². The van der Waals surface area contributed by atoms with Gasteiger partial charge in [0.1, 0.15) is 0 Å². The third-order valence-electron chi connectivity index (χ3n) is 4.24. The van der Waals surface area contributed by atoms with Crippen LogP contribution < -0.4 is 11.1 Å². The molecular formula is C19H28N2O3. The second-order valence-corrected chi connectivity index (χ2v) is 6.21. The lowest BCUT2D eigenvalue weighted by Gasteiger charge is -2.06. The highest BCUT2D eigenvalue weighted by Gasteiger charge is 2.09. The summed E-state index contributed by atoms with van der Waals surface area (Å²) in [5.74, 6) is -0.422. The Hall–Kier alpha value is -2.04. The van der Waals surface area contributed by atoms with E-state index in [-0.39, 0.29) is 5.91 Å². The highest BCUT2D eigenvalue weighted by atomic mass is 16.4. The Kier molecular flexibility index (Phi) is 7.59. The zero-order valence-electron chi connectivity index (χ0n) is 14.6. The number of nitrogens with one attached hydrogen (secondary N) is 1. The van der Waals surface area contributed by atoms with Crippen LogP contribution in [0.3, 0.4) is 0 Å². The molecule has 1 N–H and O–H groups in total. The molecule has 0 atom stereocenters. The number of hydrogen-bond acceptors (Lipinski definition) is 3. The summed E-state index contributed by atoms with van der Waals surface area (Å²) in [4.78, 5) is 23.7. The number of amides is 1. The summed E-state index contributed by atoms with van der Waals surface area (Å²) in [5, 5.41) is 2.93. The maximum Gasteiger partial charge on any atom is 0.419 e. The van der Waals surface area contributed by atoms with Crippen LogP contribution in [0.2, 0.25) is 0 Å². The fourth-order valence-corrected chi connectivity index (χ4v) is 2.84. The summed E-state index contributed by atoms with van der Waals surface area (Å²) < 4.78 is 6.68. The minimum atomic E-state index is -0.406. The molecule has 2 rings (SSSR count). The van der Waals surface area contributed by atoms with E-state index in [9.17, 15) is 9.59 Å². The summed E-state index contributed by atoms with van der Waals surface area (Å²) in [5.41, 5.74) is 1.30. The molecule has 0 aliphatic carbocycles.